The Morgan fingerprint density at radius 2 is 1.97 bits per heavy atom. The van der Waals surface area contributed by atoms with Crippen molar-refractivity contribution in [2.24, 2.45) is 5.73 Å². The van der Waals surface area contributed by atoms with Crippen LogP contribution >= 0.6 is 0 Å². The Morgan fingerprint density at radius 3 is 2.64 bits per heavy atom. The summed E-state index contributed by atoms with van der Waals surface area (Å²) in [5.74, 6) is 0.513. The van der Waals surface area contributed by atoms with Gasteiger partial charge in [-0.1, -0.05) is 19.4 Å². The monoisotopic (exact) mass is 457 g/mol. The number of benzene rings is 1. The number of carbonyl (C=O) groups is 2. The van der Waals surface area contributed by atoms with E-state index in [-0.39, 0.29) is 12.1 Å². The predicted octanol–water partition coefficient (Wildman–Crippen LogP) is 2.34. The lowest BCUT2D eigenvalue weighted by Gasteiger charge is -2.16. The van der Waals surface area contributed by atoms with E-state index < -0.39 is 12.1 Å². The minimum absolute atomic E-state index is 0.0557. The molecule has 0 spiro atoms. The van der Waals surface area contributed by atoms with Crippen molar-refractivity contribution in [3.8, 4) is 5.75 Å². The smallest absolute Gasteiger partial charge is 0.413 e. The van der Waals surface area contributed by atoms with Gasteiger partial charge in [-0.2, -0.15) is 10.1 Å². The number of amides is 1. The van der Waals surface area contributed by atoms with E-state index in [1.54, 1.807) is 29.1 Å². The molecule has 0 aliphatic heterocycles. The third kappa shape index (κ3) is 5.47. The molecule has 1 aromatic carbocycles. The molecule has 3 aromatic rings. The first-order chi connectivity index (χ1) is 15.9. The summed E-state index contributed by atoms with van der Waals surface area (Å²) in [6.07, 6.45) is 2.09. The number of esters is 1. The van der Waals surface area contributed by atoms with Crippen molar-refractivity contribution in [1.82, 2.24) is 19.7 Å². The molecule has 2 aromatic heterocycles. The number of nitrogens with two attached hydrogens (primary N) is 1. The highest BCUT2D eigenvalue weighted by atomic mass is 16.5. The average Bonchev–Trinajstić information content (AvgIpc) is 3.21. The van der Waals surface area contributed by atoms with Crippen LogP contribution in [0.2, 0.25) is 0 Å². The van der Waals surface area contributed by atoms with Crippen molar-refractivity contribution in [2.45, 2.75) is 32.5 Å². The molecule has 176 valence electrons. The molecule has 12 nitrogen and oxygen atoms in total. The normalized spacial score (nSPS) is 11.7. The Morgan fingerprint density at radius 1 is 1.18 bits per heavy atom. The van der Waals surface area contributed by atoms with E-state index in [4.69, 9.17) is 15.2 Å². The molecule has 1 unspecified atom stereocenters. The topological polar surface area (TPSA) is 156 Å². The van der Waals surface area contributed by atoms with Gasteiger partial charge in [0.05, 0.1) is 45.8 Å². The maximum Gasteiger partial charge on any atom is 0.413 e. The second-order valence-electron chi connectivity index (χ2n) is 7.11. The highest BCUT2D eigenvalue weighted by Crippen LogP contribution is 2.27. The van der Waals surface area contributed by atoms with Crippen molar-refractivity contribution < 1.29 is 23.8 Å². The van der Waals surface area contributed by atoms with Crippen molar-refractivity contribution in [1.29, 1.82) is 0 Å². The van der Waals surface area contributed by atoms with E-state index in [9.17, 15) is 9.59 Å². The van der Waals surface area contributed by atoms with Gasteiger partial charge in [-0.25, -0.2) is 14.6 Å². The lowest BCUT2D eigenvalue weighted by Crippen LogP contribution is -2.30. The van der Waals surface area contributed by atoms with Gasteiger partial charge in [0.25, 0.3) is 0 Å². The minimum Gasteiger partial charge on any atom is -0.496 e. The number of methoxy groups -OCH3 is 3. The molecule has 0 fully saturated rings. The number of fused-ring (bicyclic) bond motifs is 1. The fourth-order valence-electron chi connectivity index (χ4n) is 3.26. The van der Waals surface area contributed by atoms with Gasteiger partial charge in [-0.05, 0) is 18.6 Å². The summed E-state index contributed by atoms with van der Waals surface area (Å²) >= 11 is 0. The number of nitrogens with zero attached hydrogens (tertiary/aromatic N) is 4. The molecule has 12 heteroatoms. The molecule has 0 aliphatic carbocycles. The summed E-state index contributed by atoms with van der Waals surface area (Å²) in [5.41, 5.74) is 8.42. The Bertz CT molecular complexity index is 1150. The molecule has 0 bridgehead atoms. The van der Waals surface area contributed by atoms with E-state index in [2.05, 4.69) is 30.4 Å². The summed E-state index contributed by atoms with van der Waals surface area (Å²) in [5, 5.41) is 10.1. The van der Waals surface area contributed by atoms with Gasteiger partial charge in [0.1, 0.15) is 16.8 Å². The van der Waals surface area contributed by atoms with Crippen LogP contribution in [0.15, 0.2) is 24.4 Å². The fourth-order valence-corrected chi connectivity index (χ4v) is 3.26. The van der Waals surface area contributed by atoms with Crippen LogP contribution in [0, 0.1) is 0 Å². The summed E-state index contributed by atoms with van der Waals surface area (Å²) < 4.78 is 16.6. The number of hydrogen-bond donors (Lipinski definition) is 3. The van der Waals surface area contributed by atoms with Crippen LogP contribution in [-0.4, -0.2) is 59.3 Å². The van der Waals surface area contributed by atoms with Gasteiger partial charge in [0.2, 0.25) is 5.95 Å². The van der Waals surface area contributed by atoms with Crippen LogP contribution in [0.25, 0.3) is 11.0 Å². The zero-order chi connectivity index (χ0) is 24.0. The number of nitrogens with one attached hydrogen (secondary N) is 2. The minimum atomic E-state index is -0.694. The molecule has 4 N–H and O–H groups in total. The lowest BCUT2D eigenvalue weighted by molar-refractivity contribution is 0.0600. The van der Waals surface area contributed by atoms with Crippen molar-refractivity contribution in [2.75, 3.05) is 32.0 Å². The van der Waals surface area contributed by atoms with Gasteiger partial charge in [-0.3, -0.25) is 10.00 Å². The third-order valence-electron chi connectivity index (χ3n) is 4.84. The predicted molar refractivity (Wildman–Crippen MR) is 121 cm³/mol. The summed E-state index contributed by atoms with van der Waals surface area (Å²) in [7, 11) is 4.09. The van der Waals surface area contributed by atoms with E-state index in [1.165, 1.54) is 21.3 Å². The average molecular weight is 457 g/mol. The van der Waals surface area contributed by atoms with E-state index in [0.29, 0.717) is 41.1 Å². The number of rotatable bonds is 9. The molecule has 2 heterocycles. The molecular formula is C21H27N7O5. The molecule has 1 amide bonds. The van der Waals surface area contributed by atoms with Gasteiger partial charge in [-0.15, -0.1) is 0 Å². The summed E-state index contributed by atoms with van der Waals surface area (Å²) in [6.45, 7) is 2.33. The molecule has 0 radical (unpaired) electrons. The standard InChI is InChI=1S/C21H27N7O5/c1-5-6-16(22)25-18-17-14(24-20(26-18)27-21(30)33-4)10-23-28(17)11-13-8-7-12(19(29)32-3)9-15(13)31-2/h7-10,16H,5-6,11,22H2,1-4H3,(H2,24,25,26,27,30). The number of aromatic nitrogens is 4. The molecule has 1 atom stereocenters. The van der Waals surface area contributed by atoms with Gasteiger partial charge in [0, 0.05) is 5.56 Å². The Balaban J connectivity index is 2.03. The van der Waals surface area contributed by atoms with Crippen LogP contribution in [-0.2, 0) is 16.0 Å². The third-order valence-corrected chi connectivity index (χ3v) is 4.84. The summed E-state index contributed by atoms with van der Waals surface area (Å²) in [6, 6.07) is 5.03. The second kappa shape index (κ2) is 10.6. The maximum atomic E-state index is 11.8. The van der Waals surface area contributed by atoms with Crippen LogP contribution in [0.3, 0.4) is 0 Å². The summed E-state index contributed by atoms with van der Waals surface area (Å²) in [4.78, 5) is 32.2. The van der Waals surface area contributed by atoms with Gasteiger partial charge in [0.15, 0.2) is 5.82 Å². The maximum absolute atomic E-state index is 11.8. The molecule has 33 heavy (non-hydrogen) atoms. The number of anilines is 2. The first-order valence-electron chi connectivity index (χ1n) is 10.3. The van der Waals surface area contributed by atoms with Crippen LogP contribution in [0.4, 0.5) is 16.6 Å². The quantitative estimate of drug-likeness (QED) is 0.322. The van der Waals surface area contributed by atoms with Crippen LogP contribution in [0.5, 0.6) is 5.75 Å². The number of ether oxygens (including phenoxy) is 3. The van der Waals surface area contributed by atoms with Crippen molar-refractivity contribution in [3.63, 3.8) is 0 Å². The number of hydrogen-bond acceptors (Lipinski definition) is 10. The Hall–Kier alpha value is -3.93. The van der Waals surface area contributed by atoms with Crippen molar-refractivity contribution >= 4 is 34.9 Å². The van der Waals surface area contributed by atoms with Crippen LogP contribution < -0.4 is 21.1 Å². The number of carbonyl (C=O) groups excluding carboxylic acids is 2. The highest BCUT2D eigenvalue weighted by molar-refractivity contribution is 5.90. The molecule has 0 aliphatic rings. The van der Waals surface area contributed by atoms with Gasteiger partial charge >= 0.3 is 12.1 Å². The van der Waals surface area contributed by atoms with Crippen LogP contribution in [0.1, 0.15) is 35.7 Å². The van der Waals surface area contributed by atoms with Gasteiger partial charge < -0.3 is 25.3 Å². The molecule has 0 saturated carbocycles. The molecule has 0 saturated heterocycles. The fraction of sp³-hybridized carbons (Fsp3) is 0.381. The second-order valence-corrected chi connectivity index (χ2v) is 7.11. The molecule has 3 rings (SSSR count). The zero-order valence-electron chi connectivity index (χ0n) is 18.9. The Labute approximate surface area is 190 Å². The largest absolute Gasteiger partial charge is 0.496 e. The first-order valence-corrected chi connectivity index (χ1v) is 10.3. The lowest BCUT2D eigenvalue weighted by atomic mass is 10.1. The zero-order valence-corrected chi connectivity index (χ0v) is 18.9. The van der Waals surface area contributed by atoms with E-state index in [1.807, 2.05) is 6.92 Å². The SMILES string of the molecule is CCCC(N)Nc1nc(NC(=O)OC)nc2cnn(Cc3ccc(C(=O)OC)cc3OC)c12. The highest BCUT2D eigenvalue weighted by Gasteiger charge is 2.18. The van der Waals surface area contributed by atoms with E-state index in [0.717, 1.165) is 12.0 Å². The first kappa shape index (κ1) is 23.7. The van der Waals surface area contributed by atoms with E-state index >= 15 is 0 Å². The molecular weight excluding hydrogens is 430 g/mol. The van der Waals surface area contributed by atoms with Crippen molar-refractivity contribution in [3.05, 3.63) is 35.5 Å². The Kier molecular flexibility index (Phi) is 7.61.